The molecule has 0 spiro atoms. The first-order chi connectivity index (χ1) is 16.9. The molecule has 1 amide bonds. The van der Waals surface area contributed by atoms with E-state index in [1.165, 1.54) is 23.7 Å². The molecule has 10 heteroatoms. The van der Waals surface area contributed by atoms with Gasteiger partial charge in [0.05, 0.1) is 10.3 Å². The molecule has 0 saturated carbocycles. The number of carbonyl (C=O) groups excluding carboxylic acids is 1. The standard InChI is InChI=1S/C25H23N5O4S/c1-16-21(17-7-3-2-4-8-17)22-24(35-16)26-15-29(25(22)32)27-23(31)18-11-13-28(14-12-18)19-9-5-6-10-20(19)30(33)34/h2-10,15,18H,11-14H2,1H3,(H,27,31). The van der Waals surface area contributed by atoms with Gasteiger partial charge in [0.15, 0.2) is 0 Å². The summed E-state index contributed by atoms with van der Waals surface area (Å²) >= 11 is 1.45. The van der Waals surface area contributed by atoms with Crippen LogP contribution in [-0.2, 0) is 4.79 Å². The number of amides is 1. The van der Waals surface area contributed by atoms with Crippen LogP contribution in [0.25, 0.3) is 21.3 Å². The molecule has 3 heterocycles. The third-order valence-electron chi connectivity index (χ3n) is 6.37. The van der Waals surface area contributed by atoms with E-state index in [1.807, 2.05) is 42.2 Å². The lowest BCUT2D eigenvalue weighted by Crippen LogP contribution is -2.42. The summed E-state index contributed by atoms with van der Waals surface area (Å²) < 4.78 is 1.16. The van der Waals surface area contributed by atoms with Crippen LogP contribution >= 0.6 is 11.3 Å². The van der Waals surface area contributed by atoms with Crippen LogP contribution in [0.4, 0.5) is 11.4 Å². The molecule has 2 aromatic heterocycles. The second-order valence-corrected chi connectivity index (χ2v) is 9.69. The van der Waals surface area contributed by atoms with Gasteiger partial charge >= 0.3 is 0 Å². The number of para-hydroxylation sites is 2. The minimum absolute atomic E-state index is 0.0570. The number of hydrogen-bond donors (Lipinski definition) is 1. The van der Waals surface area contributed by atoms with Gasteiger partial charge in [-0.15, -0.1) is 11.3 Å². The number of nitro groups is 1. The van der Waals surface area contributed by atoms with Gasteiger partial charge in [-0.05, 0) is 31.4 Å². The fourth-order valence-corrected chi connectivity index (χ4v) is 5.62. The average Bonchev–Trinajstić information content (AvgIpc) is 3.23. The first-order valence-electron chi connectivity index (χ1n) is 11.3. The lowest BCUT2D eigenvalue weighted by atomic mass is 9.95. The minimum Gasteiger partial charge on any atom is -0.366 e. The van der Waals surface area contributed by atoms with Crippen LogP contribution in [0.1, 0.15) is 17.7 Å². The van der Waals surface area contributed by atoms with Crippen molar-refractivity contribution in [1.29, 1.82) is 0 Å². The highest BCUT2D eigenvalue weighted by atomic mass is 32.1. The lowest BCUT2D eigenvalue weighted by Gasteiger charge is -2.32. The van der Waals surface area contributed by atoms with Crippen molar-refractivity contribution in [2.75, 3.05) is 23.4 Å². The number of benzene rings is 2. The van der Waals surface area contributed by atoms with Crippen molar-refractivity contribution >= 4 is 38.8 Å². The summed E-state index contributed by atoms with van der Waals surface area (Å²) in [5, 5.41) is 11.9. The number of piperidine rings is 1. The molecule has 1 saturated heterocycles. The number of nitro benzene ring substituents is 1. The molecule has 0 bridgehead atoms. The van der Waals surface area contributed by atoms with Gasteiger partial charge in [0.1, 0.15) is 16.8 Å². The Morgan fingerprint density at radius 2 is 1.80 bits per heavy atom. The Morgan fingerprint density at radius 1 is 1.11 bits per heavy atom. The lowest BCUT2D eigenvalue weighted by molar-refractivity contribution is -0.384. The Bertz CT molecular complexity index is 1470. The number of carbonyl (C=O) groups is 1. The summed E-state index contributed by atoms with van der Waals surface area (Å²) in [4.78, 5) is 45.3. The van der Waals surface area contributed by atoms with Gasteiger partial charge < -0.3 is 4.90 Å². The molecule has 0 atom stereocenters. The molecule has 1 fully saturated rings. The molecule has 0 radical (unpaired) electrons. The van der Waals surface area contributed by atoms with Crippen molar-refractivity contribution in [3.05, 3.63) is 86.3 Å². The summed E-state index contributed by atoms with van der Waals surface area (Å²) in [5.74, 6) is -0.571. The summed E-state index contributed by atoms with van der Waals surface area (Å²) in [6.07, 6.45) is 2.40. The smallest absolute Gasteiger partial charge is 0.292 e. The van der Waals surface area contributed by atoms with Crippen LogP contribution in [0.3, 0.4) is 0 Å². The number of hydrogen-bond acceptors (Lipinski definition) is 7. The summed E-state index contributed by atoms with van der Waals surface area (Å²) in [6, 6.07) is 16.3. The number of nitrogens with zero attached hydrogens (tertiary/aromatic N) is 4. The van der Waals surface area contributed by atoms with Crippen molar-refractivity contribution in [3.8, 4) is 11.1 Å². The van der Waals surface area contributed by atoms with Gasteiger partial charge in [-0.3, -0.25) is 25.1 Å². The molecule has 1 aliphatic rings. The van der Waals surface area contributed by atoms with Crippen molar-refractivity contribution < 1.29 is 9.72 Å². The molecule has 35 heavy (non-hydrogen) atoms. The Kier molecular flexibility index (Phi) is 6.04. The van der Waals surface area contributed by atoms with Gasteiger partial charge in [-0.25, -0.2) is 9.66 Å². The van der Waals surface area contributed by atoms with Gasteiger partial charge in [0, 0.05) is 35.5 Å². The number of aromatic nitrogens is 2. The zero-order valence-electron chi connectivity index (χ0n) is 19.0. The van der Waals surface area contributed by atoms with Crippen molar-refractivity contribution in [2.24, 2.45) is 5.92 Å². The molecule has 178 valence electrons. The number of anilines is 1. The third-order valence-corrected chi connectivity index (χ3v) is 7.38. The average molecular weight is 490 g/mol. The van der Waals surface area contributed by atoms with Gasteiger partial charge in [-0.2, -0.15) is 0 Å². The Morgan fingerprint density at radius 3 is 2.51 bits per heavy atom. The molecule has 0 aliphatic carbocycles. The maximum Gasteiger partial charge on any atom is 0.292 e. The summed E-state index contributed by atoms with van der Waals surface area (Å²) in [5.41, 5.74) is 4.79. The van der Waals surface area contributed by atoms with Crippen molar-refractivity contribution in [2.45, 2.75) is 19.8 Å². The van der Waals surface area contributed by atoms with E-state index in [1.54, 1.807) is 18.2 Å². The van der Waals surface area contributed by atoms with Gasteiger partial charge in [0.2, 0.25) is 5.91 Å². The Hall–Kier alpha value is -4.05. The van der Waals surface area contributed by atoms with E-state index in [-0.39, 0.29) is 28.0 Å². The molecular formula is C25H23N5O4S. The molecular weight excluding hydrogens is 466 g/mol. The van der Waals surface area contributed by atoms with Crippen molar-refractivity contribution in [3.63, 3.8) is 0 Å². The molecule has 2 aromatic carbocycles. The summed E-state index contributed by atoms with van der Waals surface area (Å²) in [7, 11) is 0. The van der Waals surface area contributed by atoms with E-state index in [0.717, 1.165) is 20.7 Å². The van der Waals surface area contributed by atoms with Gasteiger partial charge in [-0.1, -0.05) is 42.5 Å². The highest BCUT2D eigenvalue weighted by molar-refractivity contribution is 7.19. The maximum atomic E-state index is 13.3. The molecule has 4 aromatic rings. The maximum absolute atomic E-state index is 13.3. The normalized spacial score (nSPS) is 14.3. The molecule has 1 aliphatic heterocycles. The Balaban J connectivity index is 1.34. The van der Waals surface area contributed by atoms with E-state index in [4.69, 9.17) is 0 Å². The molecule has 5 rings (SSSR count). The predicted octanol–water partition coefficient (Wildman–Crippen LogP) is 4.33. The number of fused-ring (bicyclic) bond motifs is 1. The van der Waals surface area contributed by atoms with E-state index in [9.17, 15) is 19.7 Å². The predicted molar refractivity (Wildman–Crippen MR) is 136 cm³/mol. The highest BCUT2D eigenvalue weighted by Crippen LogP contribution is 2.35. The van der Waals surface area contributed by atoms with Crippen LogP contribution < -0.4 is 15.9 Å². The fraction of sp³-hybridized carbons (Fsp3) is 0.240. The van der Waals surface area contributed by atoms with E-state index >= 15 is 0 Å². The van der Waals surface area contributed by atoms with E-state index in [2.05, 4.69) is 10.4 Å². The molecule has 9 nitrogen and oxygen atoms in total. The first kappa shape index (κ1) is 22.7. The van der Waals surface area contributed by atoms with Crippen LogP contribution in [0.5, 0.6) is 0 Å². The third kappa shape index (κ3) is 4.28. The van der Waals surface area contributed by atoms with Crippen LogP contribution in [0.2, 0.25) is 0 Å². The van der Waals surface area contributed by atoms with E-state index in [0.29, 0.717) is 41.8 Å². The van der Waals surface area contributed by atoms with Gasteiger partial charge in [0.25, 0.3) is 11.2 Å². The number of thiophene rings is 1. The number of rotatable bonds is 5. The molecule has 1 N–H and O–H groups in total. The SMILES string of the molecule is Cc1sc2ncn(NC(=O)C3CCN(c4ccccc4[N+](=O)[O-])CC3)c(=O)c2c1-c1ccccc1. The molecule has 0 unspecified atom stereocenters. The second kappa shape index (κ2) is 9.30. The highest BCUT2D eigenvalue weighted by Gasteiger charge is 2.28. The number of nitrogens with one attached hydrogen (secondary N) is 1. The quantitative estimate of drug-likeness (QED) is 0.330. The fourth-order valence-electron chi connectivity index (χ4n) is 4.61. The minimum atomic E-state index is -0.389. The monoisotopic (exact) mass is 489 g/mol. The Labute approximate surface area is 204 Å². The zero-order valence-corrected chi connectivity index (χ0v) is 19.8. The summed E-state index contributed by atoms with van der Waals surface area (Å²) in [6.45, 7) is 2.98. The topological polar surface area (TPSA) is 110 Å². The van der Waals surface area contributed by atoms with Crippen LogP contribution in [-0.4, -0.2) is 33.6 Å². The first-order valence-corrected chi connectivity index (χ1v) is 12.1. The largest absolute Gasteiger partial charge is 0.366 e. The van der Waals surface area contributed by atoms with Crippen LogP contribution in [0.15, 0.2) is 65.7 Å². The zero-order chi connectivity index (χ0) is 24.5. The second-order valence-electron chi connectivity index (χ2n) is 8.48. The van der Waals surface area contributed by atoms with Crippen molar-refractivity contribution in [1.82, 2.24) is 9.66 Å². The number of aryl methyl sites for hydroxylation is 1. The van der Waals surface area contributed by atoms with Crippen LogP contribution in [0, 0.1) is 23.0 Å². The van der Waals surface area contributed by atoms with E-state index < -0.39 is 0 Å².